The number of carboxylic acids is 1. The van der Waals surface area contributed by atoms with Gasteiger partial charge >= 0.3 is 5.97 Å². The number of nitrogens with zero attached hydrogens (tertiary/aromatic N) is 4. The van der Waals surface area contributed by atoms with Gasteiger partial charge in [0, 0.05) is 12.1 Å². The van der Waals surface area contributed by atoms with Crippen molar-refractivity contribution in [3.63, 3.8) is 0 Å². The molecule has 0 amide bonds. The van der Waals surface area contributed by atoms with Crippen molar-refractivity contribution in [2.75, 3.05) is 7.11 Å². The first-order chi connectivity index (χ1) is 10.4. The Hall–Kier alpha value is -2.97. The molecule has 1 aromatic heterocycles. The maximum atomic E-state index is 11.2. The van der Waals surface area contributed by atoms with E-state index < -0.39 is 10.9 Å². The second-order valence-corrected chi connectivity index (χ2v) is 4.81. The molecule has 0 saturated carbocycles. The van der Waals surface area contributed by atoms with Crippen molar-refractivity contribution in [2.45, 2.75) is 19.8 Å². The van der Waals surface area contributed by atoms with Gasteiger partial charge in [-0.25, -0.2) is 9.48 Å². The molecule has 2 rings (SSSR count). The van der Waals surface area contributed by atoms with Crippen LogP contribution >= 0.6 is 0 Å². The molecule has 9 nitrogen and oxygen atoms in total. The van der Waals surface area contributed by atoms with E-state index in [1.807, 2.05) is 0 Å². The Balaban J connectivity index is 2.73. The summed E-state index contributed by atoms with van der Waals surface area (Å²) in [7, 11) is 1.41. The molecule has 0 aliphatic heterocycles. The van der Waals surface area contributed by atoms with Gasteiger partial charge in [-0.2, -0.15) is 0 Å². The highest BCUT2D eigenvalue weighted by Gasteiger charge is 2.25. The summed E-state index contributed by atoms with van der Waals surface area (Å²) in [5.74, 6) is -1.08. The standard InChI is InChI=1S/C13H14N4O5/c1-7(2)12-11(13(18)19)14-15-16(12)9-6-8(17(20)21)4-5-10(9)22-3/h4-7H,1-3H3,(H,18,19). The first-order valence-corrected chi connectivity index (χ1v) is 6.38. The fourth-order valence-corrected chi connectivity index (χ4v) is 2.09. The third-order valence-corrected chi connectivity index (χ3v) is 3.06. The lowest BCUT2D eigenvalue weighted by atomic mass is 10.1. The minimum atomic E-state index is -1.21. The van der Waals surface area contributed by atoms with Crippen LogP contribution in [0.5, 0.6) is 5.75 Å². The molecule has 0 fully saturated rings. The van der Waals surface area contributed by atoms with Gasteiger partial charge in [0.15, 0.2) is 5.69 Å². The first-order valence-electron chi connectivity index (χ1n) is 6.38. The Morgan fingerprint density at radius 1 is 1.45 bits per heavy atom. The largest absolute Gasteiger partial charge is 0.494 e. The number of methoxy groups -OCH3 is 1. The van der Waals surface area contributed by atoms with E-state index in [-0.39, 0.29) is 23.0 Å². The number of carbonyl (C=O) groups is 1. The molecule has 0 radical (unpaired) electrons. The predicted octanol–water partition coefficient (Wildman–Crippen LogP) is 2.01. The molecule has 22 heavy (non-hydrogen) atoms. The molecule has 0 spiro atoms. The number of carboxylic acid groups (broad SMARTS) is 1. The van der Waals surface area contributed by atoms with Crippen molar-refractivity contribution in [1.82, 2.24) is 15.0 Å². The number of nitro groups is 1. The van der Waals surface area contributed by atoms with Gasteiger partial charge in [-0.1, -0.05) is 19.1 Å². The molecule has 0 aliphatic rings. The maximum Gasteiger partial charge on any atom is 0.358 e. The lowest BCUT2D eigenvalue weighted by Gasteiger charge is -2.12. The summed E-state index contributed by atoms with van der Waals surface area (Å²) in [6, 6.07) is 4.00. The van der Waals surface area contributed by atoms with Crippen molar-refractivity contribution in [3.8, 4) is 11.4 Å². The highest BCUT2D eigenvalue weighted by Crippen LogP contribution is 2.30. The lowest BCUT2D eigenvalue weighted by Crippen LogP contribution is -2.09. The zero-order valence-corrected chi connectivity index (χ0v) is 12.2. The molecule has 0 saturated heterocycles. The number of ether oxygens (including phenoxy) is 1. The number of hydrogen-bond donors (Lipinski definition) is 1. The predicted molar refractivity (Wildman–Crippen MR) is 75.6 cm³/mol. The van der Waals surface area contributed by atoms with E-state index in [1.165, 1.54) is 30.0 Å². The highest BCUT2D eigenvalue weighted by atomic mass is 16.6. The van der Waals surface area contributed by atoms with E-state index in [9.17, 15) is 20.0 Å². The summed E-state index contributed by atoms with van der Waals surface area (Å²) in [5, 5.41) is 27.6. The van der Waals surface area contributed by atoms with E-state index in [2.05, 4.69) is 10.3 Å². The molecule has 1 N–H and O–H groups in total. The number of nitro benzene ring substituents is 1. The minimum absolute atomic E-state index is 0.155. The normalized spacial score (nSPS) is 10.7. The SMILES string of the molecule is COc1ccc([N+](=O)[O-])cc1-n1nnc(C(=O)O)c1C(C)C. The lowest BCUT2D eigenvalue weighted by molar-refractivity contribution is -0.384. The molecular formula is C13H14N4O5. The van der Waals surface area contributed by atoms with Crippen molar-refractivity contribution in [2.24, 2.45) is 0 Å². The van der Waals surface area contributed by atoms with Gasteiger partial charge in [0.2, 0.25) is 0 Å². The quantitative estimate of drug-likeness (QED) is 0.662. The summed E-state index contributed by atoms with van der Waals surface area (Å²) in [6.45, 7) is 3.57. The van der Waals surface area contributed by atoms with Crippen molar-refractivity contribution in [1.29, 1.82) is 0 Å². The third kappa shape index (κ3) is 2.60. The summed E-state index contributed by atoms with van der Waals surface area (Å²) < 4.78 is 6.44. The molecular weight excluding hydrogens is 292 g/mol. The summed E-state index contributed by atoms with van der Waals surface area (Å²) in [6.07, 6.45) is 0. The topological polar surface area (TPSA) is 120 Å². The fraction of sp³-hybridized carbons (Fsp3) is 0.308. The summed E-state index contributed by atoms with van der Waals surface area (Å²) in [5.41, 5.74) is 0.258. The zero-order valence-electron chi connectivity index (χ0n) is 12.2. The Morgan fingerprint density at radius 2 is 2.14 bits per heavy atom. The van der Waals surface area contributed by atoms with E-state index in [1.54, 1.807) is 13.8 Å². The number of aromatic carboxylic acids is 1. The van der Waals surface area contributed by atoms with Crippen molar-refractivity contribution >= 4 is 11.7 Å². The van der Waals surface area contributed by atoms with Crippen LogP contribution in [0.4, 0.5) is 5.69 Å². The van der Waals surface area contributed by atoms with E-state index in [0.29, 0.717) is 11.4 Å². The number of aromatic nitrogens is 3. The molecule has 0 atom stereocenters. The van der Waals surface area contributed by atoms with Crippen LogP contribution in [-0.2, 0) is 0 Å². The Bertz CT molecular complexity index is 738. The zero-order chi connectivity index (χ0) is 16.4. The Morgan fingerprint density at radius 3 is 2.64 bits per heavy atom. The van der Waals surface area contributed by atoms with Crippen LogP contribution in [0.25, 0.3) is 5.69 Å². The van der Waals surface area contributed by atoms with Gasteiger partial charge in [0.05, 0.1) is 17.7 Å². The van der Waals surface area contributed by atoms with Crippen LogP contribution in [0.2, 0.25) is 0 Å². The second-order valence-electron chi connectivity index (χ2n) is 4.81. The summed E-state index contributed by atoms with van der Waals surface area (Å²) in [4.78, 5) is 21.6. The molecule has 0 bridgehead atoms. The van der Waals surface area contributed by atoms with Crippen LogP contribution in [0.15, 0.2) is 18.2 Å². The van der Waals surface area contributed by atoms with Gasteiger partial charge in [0.1, 0.15) is 11.4 Å². The minimum Gasteiger partial charge on any atom is -0.494 e. The third-order valence-electron chi connectivity index (χ3n) is 3.06. The molecule has 0 unspecified atom stereocenters. The molecule has 1 aromatic carbocycles. The van der Waals surface area contributed by atoms with Crippen molar-refractivity contribution < 1.29 is 19.6 Å². The van der Waals surface area contributed by atoms with Crippen LogP contribution < -0.4 is 4.74 Å². The first kappa shape index (κ1) is 15.4. The monoisotopic (exact) mass is 306 g/mol. The number of rotatable bonds is 5. The summed E-state index contributed by atoms with van der Waals surface area (Å²) >= 11 is 0. The highest BCUT2D eigenvalue weighted by molar-refractivity contribution is 5.86. The molecule has 2 aromatic rings. The molecule has 0 aliphatic carbocycles. The van der Waals surface area contributed by atoms with Gasteiger partial charge < -0.3 is 9.84 Å². The smallest absolute Gasteiger partial charge is 0.358 e. The molecule has 116 valence electrons. The van der Waals surface area contributed by atoms with Crippen LogP contribution in [-0.4, -0.2) is 38.1 Å². The van der Waals surface area contributed by atoms with Crippen LogP contribution in [0.3, 0.4) is 0 Å². The Labute approximate surface area is 125 Å². The number of benzene rings is 1. The van der Waals surface area contributed by atoms with Crippen LogP contribution in [0, 0.1) is 10.1 Å². The van der Waals surface area contributed by atoms with E-state index >= 15 is 0 Å². The average molecular weight is 306 g/mol. The van der Waals surface area contributed by atoms with E-state index in [4.69, 9.17) is 4.74 Å². The fourth-order valence-electron chi connectivity index (χ4n) is 2.09. The van der Waals surface area contributed by atoms with E-state index in [0.717, 1.165) is 0 Å². The maximum absolute atomic E-state index is 11.2. The average Bonchev–Trinajstić information content (AvgIpc) is 2.91. The molecule has 1 heterocycles. The second kappa shape index (κ2) is 5.80. The van der Waals surface area contributed by atoms with Crippen molar-refractivity contribution in [3.05, 3.63) is 39.7 Å². The van der Waals surface area contributed by atoms with Gasteiger partial charge in [0.25, 0.3) is 5.69 Å². The van der Waals surface area contributed by atoms with Gasteiger partial charge in [-0.15, -0.1) is 5.10 Å². The Kier molecular flexibility index (Phi) is 4.06. The van der Waals surface area contributed by atoms with Gasteiger partial charge in [-0.3, -0.25) is 10.1 Å². The van der Waals surface area contributed by atoms with Gasteiger partial charge in [-0.05, 0) is 12.0 Å². The van der Waals surface area contributed by atoms with Crippen LogP contribution in [0.1, 0.15) is 35.9 Å². The number of hydrogen-bond acceptors (Lipinski definition) is 6. The molecule has 9 heteroatoms. The number of non-ortho nitro benzene ring substituents is 1.